The SMILES string of the molecule is CSCc1nc2ccccc2n1CC(=O)N1CCC(C(C)O)CC1. The van der Waals surface area contributed by atoms with Gasteiger partial charge in [0, 0.05) is 13.1 Å². The van der Waals surface area contributed by atoms with E-state index >= 15 is 0 Å². The number of para-hydroxylation sites is 2. The summed E-state index contributed by atoms with van der Waals surface area (Å²) >= 11 is 1.71. The van der Waals surface area contributed by atoms with E-state index in [0.717, 1.165) is 48.5 Å². The Balaban J connectivity index is 1.75. The second kappa shape index (κ2) is 7.57. The Kier molecular flexibility index (Phi) is 5.46. The molecule has 3 rings (SSSR count). The van der Waals surface area contributed by atoms with Crippen LogP contribution in [0.15, 0.2) is 24.3 Å². The molecular weight excluding hydrogens is 322 g/mol. The summed E-state index contributed by atoms with van der Waals surface area (Å²) in [4.78, 5) is 19.4. The average molecular weight is 347 g/mol. The van der Waals surface area contributed by atoms with Gasteiger partial charge in [0.25, 0.3) is 0 Å². The van der Waals surface area contributed by atoms with Crippen molar-refractivity contribution in [1.82, 2.24) is 14.5 Å². The van der Waals surface area contributed by atoms with Crippen LogP contribution in [0.5, 0.6) is 0 Å². The summed E-state index contributed by atoms with van der Waals surface area (Å²) in [5.74, 6) is 2.21. The summed E-state index contributed by atoms with van der Waals surface area (Å²) in [6, 6.07) is 7.99. The first-order valence-electron chi connectivity index (χ1n) is 8.49. The molecule has 0 bridgehead atoms. The molecule has 0 aliphatic carbocycles. The van der Waals surface area contributed by atoms with Crippen LogP contribution in [0.2, 0.25) is 0 Å². The number of nitrogens with zero attached hydrogens (tertiary/aromatic N) is 3. The highest BCUT2D eigenvalue weighted by molar-refractivity contribution is 7.97. The number of carbonyl (C=O) groups is 1. The molecule has 1 aliphatic heterocycles. The minimum Gasteiger partial charge on any atom is -0.393 e. The topological polar surface area (TPSA) is 58.4 Å². The van der Waals surface area contributed by atoms with Crippen molar-refractivity contribution in [3.05, 3.63) is 30.1 Å². The van der Waals surface area contributed by atoms with E-state index in [-0.39, 0.29) is 12.0 Å². The Labute approximate surface area is 147 Å². The van der Waals surface area contributed by atoms with Crippen molar-refractivity contribution in [2.45, 2.75) is 38.2 Å². The number of fused-ring (bicyclic) bond motifs is 1. The standard InChI is InChI=1S/C18H25N3O2S/c1-13(22)14-7-9-20(10-8-14)18(23)11-21-16-6-4-3-5-15(16)19-17(21)12-24-2/h3-6,13-14,22H,7-12H2,1-2H3. The largest absolute Gasteiger partial charge is 0.393 e. The Morgan fingerprint density at radius 1 is 1.38 bits per heavy atom. The summed E-state index contributed by atoms with van der Waals surface area (Å²) in [6.45, 7) is 3.65. The third-order valence-electron chi connectivity index (χ3n) is 4.87. The summed E-state index contributed by atoms with van der Waals surface area (Å²) in [5, 5.41) is 9.71. The number of benzene rings is 1. The molecule has 0 saturated carbocycles. The molecule has 1 amide bonds. The normalized spacial score (nSPS) is 17.4. The molecule has 2 aromatic rings. The third kappa shape index (κ3) is 3.59. The highest BCUT2D eigenvalue weighted by Gasteiger charge is 2.26. The zero-order chi connectivity index (χ0) is 17.1. The quantitative estimate of drug-likeness (QED) is 0.903. The minimum atomic E-state index is -0.284. The lowest BCUT2D eigenvalue weighted by atomic mass is 9.92. The Bertz CT molecular complexity index is 705. The van der Waals surface area contributed by atoms with E-state index < -0.39 is 0 Å². The molecule has 1 fully saturated rings. The fourth-order valence-electron chi connectivity index (χ4n) is 3.41. The number of carbonyl (C=O) groups excluding carboxylic acids is 1. The number of piperidine rings is 1. The van der Waals surface area contributed by atoms with Gasteiger partial charge in [-0.05, 0) is 44.1 Å². The van der Waals surface area contributed by atoms with E-state index in [1.165, 1.54) is 0 Å². The number of rotatable bonds is 5. The molecular formula is C18H25N3O2S. The second-order valence-corrected chi connectivity index (χ2v) is 7.36. The van der Waals surface area contributed by atoms with Crippen molar-refractivity contribution in [2.75, 3.05) is 19.3 Å². The molecule has 2 heterocycles. The molecule has 1 unspecified atom stereocenters. The second-order valence-electron chi connectivity index (χ2n) is 6.49. The van der Waals surface area contributed by atoms with E-state index in [0.29, 0.717) is 12.5 Å². The number of aliphatic hydroxyl groups is 1. The van der Waals surface area contributed by atoms with Crippen molar-refractivity contribution >= 4 is 28.7 Å². The Morgan fingerprint density at radius 3 is 2.75 bits per heavy atom. The highest BCUT2D eigenvalue weighted by Crippen LogP contribution is 2.22. The van der Waals surface area contributed by atoms with Crippen LogP contribution >= 0.6 is 11.8 Å². The number of hydrogen-bond donors (Lipinski definition) is 1. The van der Waals surface area contributed by atoms with E-state index in [1.807, 2.05) is 42.3 Å². The first kappa shape index (κ1) is 17.3. The van der Waals surface area contributed by atoms with Gasteiger partial charge in [-0.3, -0.25) is 4.79 Å². The lowest BCUT2D eigenvalue weighted by Gasteiger charge is -2.33. The fourth-order valence-corrected chi connectivity index (χ4v) is 3.89. The zero-order valence-corrected chi connectivity index (χ0v) is 15.1. The molecule has 24 heavy (non-hydrogen) atoms. The molecule has 5 nitrogen and oxygen atoms in total. The van der Waals surface area contributed by atoms with E-state index in [9.17, 15) is 9.90 Å². The van der Waals surface area contributed by atoms with Crippen LogP contribution in [0.25, 0.3) is 11.0 Å². The van der Waals surface area contributed by atoms with Gasteiger partial charge >= 0.3 is 0 Å². The first-order chi connectivity index (χ1) is 11.6. The molecule has 6 heteroatoms. The molecule has 1 aromatic heterocycles. The van der Waals surface area contributed by atoms with Gasteiger partial charge in [0.15, 0.2) is 0 Å². The lowest BCUT2D eigenvalue weighted by molar-refractivity contribution is -0.133. The van der Waals surface area contributed by atoms with Gasteiger partial charge in [-0.2, -0.15) is 11.8 Å². The summed E-state index contributed by atoms with van der Waals surface area (Å²) in [5.41, 5.74) is 1.97. The highest BCUT2D eigenvalue weighted by atomic mass is 32.2. The number of likely N-dealkylation sites (tertiary alicyclic amines) is 1. The van der Waals surface area contributed by atoms with Crippen LogP contribution in [0.1, 0.15) is 25.6 Å². The molecule has 1 atom stereocenters. The van der Waals surface area contributed by atoms with Gasteiger partial charge in [0.1, 0.15) is 12.4 Å². The van der Waals surface area contributed by atoms with Gasteiger partial charge in [0.05, 0.1) is 22.9 Å². The summed E-state index contributed by atoms with van der Waals surface area (Å²) in [6.07, 6.45) is 3.53. The number of thioether (sulfide) groups is 1. The van der Waals surface area contributed by atoms with Crippen LogP contribution in [0.4, 0.5) is 0 Å². The van der Waals surface area contributed by atoms with E-state index in [4.69, 9.17) is 0 Å². The Morgan fingerprint density at radius 2 is 2.08 bits per heavy atom. The lowest BCUT2D eigenvalue weighted by Crippen LogP contribution is -2.42. The monoisotopic (exact) mass is 347 g/mol. The smallest absolute Gasteiger partial charge is 0.242 e. The van der Waals surface area contributed by atoms with Crippen LogP contribution in [0.3, 0.4) is 0 Å². The molecule has 1 aliphatic rings. The summed E-state index contributed by atoms with van der Waals surface area (Å²) in [7, 11) is 0. The predicted octanol–water partition coefficient (Wildman–Crippen LogP) is 2.52. The maximum absolute atomic E-state index is 12.8. The number of imidazole rings is 1. The van der Waals surface area contributed by atoms with Crippen molar-refractivity contribution < 1.29 is 9.90 Å². The van der Waals surface area contributed by atoms with Crippen molar-refractivity contribution in [2.24, 2.45) is 5.92 Å². The molecule has 130 valence electrons. The van der Waals surface area contributed by atoms with Crippen LogP contribution in [-0.2, 0) is 17.1 Å². The van der Waals surface area contributed by atoms with Gasteiger partial charge in [-0.1, -0.05) is 12.1 Å². The molecule has 0 radical (unpaired) electrons. The predicted molar refractivity (Wildman–Crippen MR) is 97.9 cm³/mol. The number of amides is 1. The van der Waals surface area contributed by atoms with Gasteiger partial charge in [-0.25, -0.2) is 4.98 Å². The molecule has 1 saturated heterocycles. The summed E-state index contributed by atoms with van der Waals surface area (Å²) < 4.78 is 2.05. The molecule has 1 aromatic carbocycles. The van der Waals surface area contributed by atoms with Gasteiger partial charge < -0.3 is 14.6 Å². The molecule has 0 spiro atoms. The maximum atomic E-state index is 12.8. The third-order valence-corrected chi connectivity index (χ3v) is 5.42. The van der Waals surface area contributed by atoms with Crippen molar-refractivity contribution in [1.29, 1.82) is 0 Å². The van der Waals surface area contributed by atoms with Crippen molar-refractivity contribution in [3.8, 4) is 0 Å². The van der Waals surface area contributed by atoms with Gasteiger partial charge in [0.2, 0.25) is 5.91 Å². The average Bonchev–Trinajstić information content (AvgIpc) is 2.93. The van der Waals surface area contributed by atoms with E-state index in [1.54, 1.807) is 11.8 Å². The fraction of sp³-hybridized carbons (Fsp3) is 0.556. The molecule has 1 N–H and O–H groups in total. The van der Waals surface area contributed by atoms with Crippen LogP contribution in [0, 0.1) is 5.92 Å². The zero-order valence-electron chi connectivity index (χ0n) is 14.3. The first-order valence-corrected chi connectivity index (χ1v) is 9.88. The van der Waals surface area contributed by atoms with Crippen LogP contribution in [-0.4, -0.2) is 50.9 Å². The van der Waals surface area contributed by atoms with Crippen molar-refractivity contribution in [3.63, 3.8) is 0 Å². The number of hydrogen-bond acceptors (Lipinski definition) is 4. The Hall–Kier alpha value is -1.53. The minimum absolute atomic E-state index is 0.143. The number of aliphatic hydroxyl groups excluding tert-OH is 1. The van der Waals surface area contributed by atoms with E-state index in [2.05, 4.69) is 9.55 Å². The van der Waals surface area contributed by atoms with Gasteiger partial charge in [-0.15, -0.1) is 0 Å². The number of aromatic nitrogens is 2. The van der Waals surface area contributed by atoms with Crippen LogP contribution < -0.4 is 0 Å². The maximum Gasteiger partial charge on any atom is 0.242 e.